The normalized spacial score (nSPS) is 15.7. The number of nitrogens with one attached hydrogen (secondary N) is 1. The highest BCUT2D eigenvalue weighted by Gasteiger charge is 2.25. The van der Waals surface area contributed by atoms with E-state index in [1.807, 2.05) is 31.2 Å². The molecular formula is C15H20N2O3. The summed E-state index contributed by atoms with van der Waals surface area (Å²) >= 11 is 0. The number of carbonyl (C=O) groups is 2. The van der Waals surface area contributed by atoms with Crippen LogP contribution < -0.4 is 10.2 Å². The van der Waals surface area contributed by atoms with E-state index >= 15 is 0 Å². The van der Waals surface area contributed by atoms with Crippen LogP contribution in [0, 0.1) is 0 Å². The quantitative estimate of drug-likeness (QED) is 0.838. The predicted octanol–water partition coefficient (Wildman–Crippen LogP) is 0.853. The highest BCUT2D eigenvalue weighted by atomic mass is 16.3. The second-order valence-corrected chi connectivity index (χ2v) is 4.96. The van der Waals surface area contributed by atoms with Crippen LogP contribution in [-0.4, -0.2) is 36.1 Å². The zero-order valence-corrected chi connectivity index (χ0v) is 11.6. The molecule has 1 heterocycles. The number of amides is 2. The maximum absolute atomic E-state index is 12.0. The first-order valence-corrected chi connectivity index (χ1v) is 6.94. The Balaban J connectivity index is 2.08. The molecule has 0 radical (unpaired) electrons. The Bertz CT molecular complexity index is 498. The lowest BCUT2D eigenvalue weighted by atomic mass is 10.0. The van der Waals surface area contributed by atoms with Crippen LogP contribution in [0.1, 0.15) is 25.3 Å². The van der Waals surface area contributed by atoms with Gasteiger partial charge in [0.15, 0.2) is 0 Å². The zero-order chi connectivity index (χ0) is 14.5. The number of aliphatic hydroxyl groups excluding tert-OH is 1. The van der Waals surface area contributed by atoms with E-state index < -0.39 is 0 Å². The van der Waals surface area contributed by atoms with Crippen molar-refractivity contribution in [3.8, 4) is 0 Å². The van der Waals surface area contributed by atoms with Crippen LogP contribution in [0.2, 0.25) is 0 Å². The number of anilines is 1. The molecule has 0 saturated heterocycles. The van der Waals surface area contributed by atoms with Gasteiger partial charge in [0, 0.05) is 12.1 Å². The lowest BCUT2D eigenvalue weighted by Crippen LogP contribution is -2.46. The third-order valence-corrected chi connectivity index (χ3v) is 3.57. The molecule has 108 valence electrons. The van der Waals surface area contributed by atoms with Crippen LogP contribution in [0.15, 0.2) is 24.3 Å². The van der Waals surface area contributed by atoms with Gasteiger partial charge < -0.3 is 15.3 Å². The van der Waals surface area contributed by atoms with Crippen LogP contribution in [-0.2, 0) is 16.0 Å². The van der Waals surface area contributed by atoms with Crippen molar-refractivity contribution in [2.75, 3.05) is 18.1 Å². The number of carbonyl (C=O) groups excluding carboxylic acids is 2. The number of nitrogens with zero attached hydrogens (tertiary/aromatic N) is 1. The van der Waals surface area contributed by atoms with Crippen molar-refractivity contribution in [2.45, 2.75) is 32.2 Å². The second-order valence-electron chi connectivity index (χ2n) is 4.96. The van der Waals surface area contributed by atoms with Crippen LogP contribution >= 0.6 is 0 Å². The molecule has 0 fully saturated rings. The van der Waals surface area contributed by atoms with Crippen LogP contribution in [0.25, 0.3) is 0 Å². The number of hydrogen-bond acceptors (Lipinski definition) is 3. The van der Waals surface area contributed by atoms with Crippen molar-refractivity contribution in [1.29, 1.82) is 0 Å². The Kier molecular flexibility index (Phi) is 4.74. The summed E-state index contributed by atoms with van der Waals surface area (Å²) in [5.74, 6) is -0.271. The molecular weight excluding hydrogens is 256 g/mol. The summed E-state index contributed by atoms with van der Waals surface area (Å²) in [7, 11) is 0. The van der Waals surface area contributed by atoms with Crippen LogP contribution in [0.4, 0.5) is 5.69 Å². The van der Waals surface area contributed by atoms with E-state index in [2.05, 4.69) is 5.32 Å². The van der Waals surface area contributed by atoms with Crippen molar-refractivity contribution in [2.24, 2.45) is 0 Å². The van der Waals surface area contributed by atoms with Crippen molar-refractivity contribution < 1.29 is 14.7 Å². The summed E-state index contributed by atoms with van der Waals surface area (Å²) < 4.78 is 0. The van der Waals surface area contributed by atoms with Crippen LogP contribution in [0.5, 0.6) is 0 Å². The maximum atomic E-state index is 12.0. The lowest BCUT2D eigenvalue weighted by molar-refractivity contribution is -0.124. The first-order chi connectivity index (χ1) is 9.65. The number of fused-ring (bicyclic) bond motifs is 1. The molecule has 1 unspecified atom stereocenters. The van der Waals surface area contributed by atoms with Gasteiger partial charge in [-0.25, -0.2) is 0 Å². The standard InChI is InChI=1S/C15H20N2O3/c1-2-12(10-18)16-14(19)9-17-13-6-4-3-5-11(13)7-8-15(17)20/h3-6,12,18H,2,7-10H2,1H3,(H,16,19). The van der Waals surface area contributed by atoms with Crippen LogP contribution in [0.3, 0.4) is 0 Å². The topological polar surface area (TPSA) is 69.6 Å². The Hall–Kier alpha value is -1.88. The van der Waals surface area contributed by atoms with E-state index in [1.165, 1.54) is 4.90 Å². The lowest BCUT2D eigenvalue weighted by Gasteiger charge is -2.29. The molecule has 0 aliphatic carbocycles. The average Bonchev–Trinajstić information content (AvgIpc) is 2.47. The summed E-state index contributed by atoms with van der Waals surface area (Å²) in [5, 5.41) is 11.8. The first-order valence-electron chi connectivity index (χ1n) is 6.94. The van der Waals surface area contributed by atoms with Crippen molar-refractivity contribution in [3.63, 3.8) is 0 Å². The van der Waals surface area contributed by atoms with E-state index in [1.54, 1.807) is 0 Å². The summed E-state index contributed by atoms with van der Waals surface area (Å²) in [5.41, 5.74) is 1.91. The number of rotatable bonds is 5. The van der Waals surface area contributed by atoms with Gasteiger partial charge in [-0.15, -0.1) is 0 Å². The van der Waals surface area contributed by atoms with Gasteiger partial charge in [-0.05, 0) is 24.5 Å². The molecule has 0 spiro atoms. The largest absolute Gasteiger partial charge is 0.394 e. The zero-order valence-electron chi connectivity index (χ0n) is 11.6. The molecule has 5 nitrogen and oxygen atoms in total. The molecule has 1 atom stereocenters. The number of aryl methyl sites for hydroxylation is 1. The van der Waals surface area contributed by atoms with E-state index in [0.717, 1.165) is 17.7 Å². The Morgan fingerprint density at radius 1 is 1.40 bits per heavy atom. The van der Waals surface area contributed by atoms with E-state index in [9.17, 15) is 9.59 Å². The molecule has 1 aliphatic rings. The molecule has 1 aliphatic heterocycles. The summed E-state index contributed by atoms with van der Waals surface area (Å²) in [6.07, 6.45) is 1.82. The molecule has 5 heteroatoms. The van der Waals surface area contributed by atoms with Gasteiger partial charge in [-0.3, -0.25) is 9.59 Å². The Morgan fingerprint density at radius 2 is 2.15 bits per heavy atom. The fraction of sp³-hybridized carbons (Fsp3) is 0.467. The number of aliphatic hydroxyl groups is 1. The second kappa shape index (κ2) is 6.52. The summed E-state index contributed by atoms with van der Waals surface area (Å²) in [4.78, 5) is 25.5. The van der Waals surface area contributed by atoms with Crippen molar-refractivity contribution in [1.82, 2.24) is 5.32 Å². The minimum atomic E-state index is -0.252. The highest BCUT2D eigenvalue weighted by Crippen LogP contribution is 2.26. The smallest absolute Gasteiger partial charge is 0.240 e. The Labute approximate surface area is 118 Å². The fourth-order valence-electron chi connectivity index (χ4n) is 2.36. The van der Waals surface area contributed by atoms with Gasteiger partial charge in [0.05, 0.1) is 12.6 Å². The maximum Gasteiger partial charge on any atom is 0.240 e. The third kappa shape index (κ3) is 3.17. The average molecular weight is 276 g/mol. The van der Waals surface area contributed by atoms with E-state index in [0.29, 0.717) is 12.8 Å². The minimum Gasteiger partial charge on any atom is -0.394 e. The van der Waals surface area contributed by atoms with Crippen molar-refractivity contribution in [3.05, 3.63) is 29.8 Å². The molecule has 20 heavy (non-hydrogen) atoms. The fourth-order valence-corrected chi connectivity index (χ4v) is 2.36. The van der Waals surface area contributed by atoms with Gasteiger partial charge in [0.1, 0.15) is 6.54 Å². The molecule has 2 N–H and O–H groups in total. The number of hydrogen-bond donors (Lipinski definition) is 2. The molecule has 2 rings (SSSR count). The first kappa shape index (κ1) is 14.5. The molecule has 1 aromatic rings. The van der Waals surface area contributed by atoms with Gasteiger partial charge in [0.2, 0.25) is 11.8 Å². The number of benzene rings is 1. The molecule has 0 saturated carbocycles. The van der Waals surface area contributed by atoms with E-state index in [4.69, 9.17) is 5.11 Å². The predicted molar refractivity (Wildman–Crippen MR) is 76.4 cm³/mol. The third-order valence-electron chi connectivity index (χ3n) is 3.57. The van der Waals surface area contributed by atoms with Gasteiger partial charge in [-0.2, -0.15) is 0 Å². The molecule has 2 amide bonds. The minimum absolute atomic E-state index is 0.00630. The molecule has 0 aromatic heterocycles. The molecule has 0 bridgehead atoms. The van der Waals surface area contributed by atoms with Gasteiger partial charge >= 0.3 is 0 Å². The number of para-hydroxylation sites is 1. The summed E-state index contributed by atoms with van der Waals surface area (Å²) in [6.45, 7) is 1.81. The summed E-state index contributed by atoms with van der Waals surface area (Å²) in [6, 6.07) is 7.40. The monoisotopic (exact) mass is 276 g/mol. The van der Waals surface area contributed by atoms with Gasteiger partial charge in [0.25, 0.3) is 0 Å². The Morgan fingerprint density at radius 3 is 2.85 bits per heavy atom. The molecule has 1 aromatic carbocycles. The highest BCUT2D eigenvalue weighted by molar-refractivity contribution is 6.01. The SMILES string of the molecule is CCC(CO)NC(=O)CN1C(=O)CCc2ccccc21. The van der Waals surface area contributed by atoms with E-state index in [-0.39, 0.29) is 31.0 Å². The van der Waals surface area contributed by atoms with Crippen molar-refractivity contribution >= 4 is 17.5 Å². The van der Waals surface area contributed by atoms with Gasteiger partial charge in [-0.1, -0.05) is 25.1 Å².